The number of aliphatic carboxylic acids is 1. The maximum Gasteiger partial charge on any atom is 0.303 e. The van der Waals surface area contributed by atoms with Crippen LogP contribution in [0.1, 0.15) is 69.6 Å². The summed E-state index contributed by atoms with van der Waals surface area (Å²) in [5, 5.41) is 18.8. The summed E-state index contributed by atoms with van der Waals surface area (Å²) < 4.78 is 2.11. The first-order valence-corrected chi connectivity index (χ1v) is 13.7. The van der Waals surface area contributed by atoms with Crippen LogP contribution >= 0.6 is 24.0 Å². The number of thioether (sulfide) groups is 1. The molecule has 2 aliphatic heterocycles. The lowest BCUT2D eigenvalue weighted by Gasteiger charge is -2.39. The van der Waals surface area contributed by atoms with Crippen molar-refractivity contribution in [1.29, 1.82) is 5.26 Å². The molecule has 2 atom stereocenters. The number of nitrogens with zero attached hydrogens (tertiary/aromatic N) is 4. The number of carbonyl (C=O) groups is 2. The second-order valence-electron chi connectivity index (χ2n) is 9.84. The summed E-state index contributed by atoms with van der Waals surface area (Å²) in [5.74, 6) is 0.462. The van der Waals surface area contributed by atoms with Crippen LogP contribution in [0.15, 0.2) is 9.70 Å². The number of carboxylic acid groups (broad SMARTS) is 1. The lowest BCUT2D eigenvalue weighted by Crippen LogP contribution is -2.43. The predicted octanol–water partition coefficient (Wildman–Crippen LogP) is 4.38. The molecule has 1 aromatic heterocycles. The number of amides is 1. The number of aromatic nitrogens is 1. The number of carboxylic acids is 1. The Morgan fingerprint density at radius 1 is 1.22 bits per heavy atom. The maximum absolute atomic E-state index is 13.4. The van der Waals surface area contributed by atoms with E-state index in [0.29, 0.717) is 45.2 Å². The van der Waals surface area contributed by atoms with Crippen LogP contribution in [0.4, 0.5) is 5.82 Å². The molecule has 3 rings (SSSR count). The van der Waals surface area contributed by atoms with E-state index in [2.05, 4.69) is 31.7 Å². The van der Waals surface area contributed by atoms with E-state index < -0.39 is 5.97 Å². The number of carbonyl (C=O) groups excluding carboxylic acids is 1. The highest BCUT2D eigenvalue weighted by atomic mass is 32.2. The van der Waals surface area contributed by atoms with Crippen molar-refractivity contribution in [1.82, 2.24) is 9.47 Å². The van der Waals surface area contributed by atoms with E-state index >= 15 is 0 Å². The van der Waals surface area contributed by atoms with Crippen molar-refractivity contribution in [3.63, 3.8) is 0 Å². The molecule has 8 nitrogen and oxygen atoms in total. The van der Waals surface area contributed by atoms with Crippen LogP contribution in [0.25, 0.3) is 6.08 Å². The van der Waals surface area contributed by atoms with Gasteiger partial charge in [0.15, 0.2) is 0 Å². The van der Waals surface area contributed by atoms with Crippen LogP contribution in [0, 0.1) is 30.1 Å². The summed E-state index contributed by atoms with van der Waals surface area (Å²) in [4.78, 5) is 41.7. The maximum atomic E-state index is 13.4. The zero-order valence-electron chi connectivity index (χ0n) is 21.4. The first-order chi connectivity index (χ1) is 17.1. The van der Waals surface area contributed by atoms with Gasteiger partial charge in [-0.25, -0.2) is 0 Å². The number of pyridine rings is 1. The van der Waals surface area contributed by atoms with E-state index in [1.54, 1.807) is 17.6 Å². The van der Waals surface area contributed by atoms with E-state index in [4.69, 9.17) is 17.3 Å². The molecule has 0 saturated carbocycles. The number of hydrogen-bond donors (Lipinski definition) is 1. The number of thiocarbonyl (C=S) groups is 1. The summed E-state index contributed by atoms with van der Waals surface area (Å²) in [6.45, 7) is 10.5. The molecule has 2 fully saturated rings. The number of unbranched alkanes of at least 4 members (excludes halogenated alkanes) is 1. The third kappa shape index (κ3) is 6.01. The lowest BCUT2D eigenvalue weighted by molar-refractivity contribution is -0.137. The van der Waals surface area contributed by atoms with Crippen LogP contribution in [-0.4, -0.2) is 50.4 Å². The van der Waals surface area contributed by atoms with Crippen molar-refractivity contribution in [2.24, 2.45) is 11.8 Å². The molecule has 10 heteroatoms. The monoisotopic (exact) mass is 530 g/mol. The number of nitriles is 1. The Hall–Kier alpha value is -2.64. The Bertz CT molecular complexity index is 1170. The molecule has 1 N–H and O–H groups in total. The van der Waals surface area contributed by atoms with Gasteiger partial charge in [0.1, 0.15) is 21.8 Å². The quantitative estimate of drug-likeness (QED) is 0.370. The van der Waals surface area contributed by atoms with Gasteiger partial charge >= 0.3 is 5.97 Å². The van der Waals surface area contributed by atoms with Crippen molar-refractivity contribution >= 4 is 52.1 Å². The zero-order chi connectivity index (χ0) is 26.6. The smallest absolute Gasteiger partial charge is 0.303 e. The van der Waals surface area contributed by atoms with Crippen molar-refractivity contribution in [3.05, 3.63) is 31.9 Å². The van der Waals surface area contributed by atoms with Crippen molar-refractivity contribution < 1.29 is 14.7 Å². The van der Waals surface area contributed by atoms with E-state index in [-0.39, 0.29) is 30.0 Å². The third-order valence-electron chi connectivity index (χ3n) is 6.67. The summed E-state index contributed by atoms with van der Waals surface area (Å²) >= 11 is 6.60. The fourth-order valence-corrected chi connectivity index (χ4v) is 6.35. The average molecular weight is 531 g/mol. The number of hydrogen-bond acceptors (Lipinski definition) is 7. The predicted molar refractivity (Wildman–Crippen MR) is 147 cm³/mol. The van der Waals surface area contributed by atoms with E-state index in [1.807, 2.05) is 0 Å². The normalized spacial score (nSPS) is 21.4. The molecule has 36 heavy (non-hydrogen) atoms. The number of rotatable bonds is 9. The minimum Gasteiger partial charge on any atom is -0.481 e. The highest BCUT2D eigenvalue weighted by Gasteiger charge is 2.34. The molecule has 0 spiro atoms. The first-order valence-electron chi connectivity index (χ1n) is 12.5. The van der Waals surface area contributed by atoms with Gasteiger partial charge in [-0.05, 0) is 49.7 Å². The second-order valence-corrected chi connectivity index (χ2v) is 11.5. The van der Waals surface area contributed by atoms with Crippen molar-refractivity contribution in [3.8, 4) is 6.07 Å². The Morgan fingerprint density at radius 3 is 2.47 bits per heavy atom. The lowest BCUT2D eigenvalue weighted by atomic mass is 9.91. The highest BCUT2D eigenvalue weighted by Crippen LogP contribution is 2.37. The molecule has 0 radical (unpaired) electrons. The largest absolute Gasteiger partial charge is 0.481 e. The van der Waals surface area contributed by atoms with Gasteiger partial charge < -0.3 is 10.0 Å². The van der Waals surface area contributed by atoms with Crippen LogP contribution in [0.3, 0.4) is 0 Å². The molecule has 0 aliphatic carbocycles. The molecular weight excluding hydrogens is 496 g/mol. The van der Waals surface area contributed by atoms with Crippen LogP contribution in [-0.2, 0) is 16.1 Å². The fourth-order valence-electron chi connectivity index (χ4n) is 5.06. The number of anilines is 1. The summed E-state index contributed by atoms with van der Waals surface area (Å²) in [6.07, 6.45) is 4.84. The molecule has 1 aromatic rings. The topological polar surface area (TPSA) is 107 Å². The Morgan fingerprint density at radius 2 is 1.89 bits per heavy atom. The van der Waals surface area contributed by atoms with Crippen LogP contribution < -0.4 is 10.5 Å². The summed E-state index contributed by atoms with van der Waals surface area (Å²) in [7, 11) is 0. The van der Waals surface area contributed by atoms with Crippen molar-refractivity contribution in [2.75, 3.05) is 24.5 Å². The first kappa shape index (κ1) is 27.9. The molecule has 3 heterocycles. The molecular formula is C26H34N4O4S2. The number of piperidine rings is 1. The van der Waals surface area contributed by atoms with Crippen LogP contribution in [0.2, 0.25) is 0 Å². The van der Waals surface area contributed by atoms with E-state index in [1.165, 1.54) is 16.7 Å². The molecule has 2 aliphatic rings. The summed E-state index contributed by atoms with van der Waals surface area (Å²) in [5.41, 5.74) is 1.07. The van der Waals surface area contributed by atoms with Gasteiger partial charge in [0.05, 0.1) is 4.91 Å². The van der Waals surface area contributed by atoms with Crippen molar-refractivity contribution in [2.45, 2.75) is 66.3 Å². The van der Waals surface area contributed by atoms with Gasteiger partial charge in [-0.15, -0.1) is 0 Å². The van der Waals surface area contributed by atoms with Gasteiger partial charge in [-0.1, -0.05) is 51.2 Å². The minimum atomic E-state index is -0.917. The molecule has 0 aromatic carbocycles. The van der Waals surface area contributed by atoms with E-state index in [0.717, 1.165) is 38.2 Å². The fraction of sp³-hybridized carbons (Fsp3) is 0.577. The molecule has 194 valence electrons. The Balaban J connectivity index is 2.15. The Labute approximate surface area is 221 Å². The van der Waals surface area contributed by atoms with Gasteiger partial charge in [-0.2, -0.15) is 5.26 Å². The Kier molecular flexibility index (Phi) is 9.36. The average Bonchev–Trinajstić information content (AvgIpc) is 3.06. The van der Waals surface area contributed by atoms with Crippen LogP contribution in [0.5, 0.6) is 0 Å². The van der Waals surface area contributed by atoms with Gasteiger partial charge in [0.2, 0.25) is 0 Å². The highest BCUT2D eigenvalue weighted by molar-refractivity contribution is 8.26. The van der Waals surface area contributed by atoms with Gasteiger partial charge in [0, 0.05) is 38.2 Å². The standard InChI is InChI=1S/C26H34N4O4S2/c1-5-6-9-29-23(28-14-16(2)11-17(3)15-28)19(18(4)20(13-27)24(29)33)12-21-25(34)30(26(35)36-21)10-7-8-22(31)32/h12,16-17H,5-11,14-15H2,1-4H3,(H,31,32)/b21-12+. The summed E-state index contributed by atoms with van der Waals surface area (Å²) in [6, 6.07) is 2.10. The molecule has 0 bridgehead atoms. The van der Waals surface area contributed by atoms with Gasteiger partial charge in [-0.3, -0.25) is 23.9 Å². The molecule has 2 unspecified atom stereocenters. The van der Waals surface area contributed by atoms with E-state index in [9.17, 15) is 19.6 Å². The second kappa shape index (κ2) is 12.1. The molecule has 1 amide bonds. The SMILES string of the molecule is CCCCn1c(N2CC(C)CC(C)C2)c(/C=C2/SC(=S)N(CCCC(=O)O)C2=O)c(C)c(C#N)c1=O. The minimum absolute atomic E-state index is 0.0430. The van der Waals surface area contributed by atoms with Gasteiger partial charge in [0.25, 0.3) is 11.5 Å². The zero-order valence-corrected chi connectivity index (χ0v) is 23.0. The third-order valence-corrected chi connectivity index (χ3v) is 8.05. The molecule has 2 saturated heterocycles.